The van der Waals surface area contributed by atoms with Crippen molar-refractivity contribution in [1.82, 2.24) is 19.9 Å². The first-order chi connectivity index (χ1) is 13.3. The van der Waals surface area contributed by atoms with Crippen molar-refractivity contribution in [3.05, 3.63) is 77.9 Å². The lowest BCUT2D eigenvalue weighted by atomic mass is 9.89. The monoisotopic (exact) mass is 357 g/mol. The van der Waals surface area contributed by atoms with Gasteiger partial charge in [-0.1, -0.05) is 30.3 Å². The third-order valence-corrected chi connectivity index (χ3v) is 5.40. The van der Waals surface area contributed by atoms with Gasteiger partial charge < -0.3 is 5.32 Å². The molecule has 2 aromatic heterocycles. The summed E-state index contributed by atoms with van der Waals surface area (Å²) in [5, 5.41) is 3.28. The molecular weight excluding hydrogens is 334 g/mol. The number of anilines is 2. The Labute approximate surface area is 159 Å². The van der Waals surface area contributed by atoms with Crippen LogP contribution in [0.25, 0.3) is 0 Å². The second-order valence-corrected chi connectivity index (χ2v) is 7.57. The molecule has 27 heavy (non-hydrogen) atoms. The summed E-state index contributed by atoms with van der Waals surface area (Å²) in [4.78, 5) is 16.2. The average Bonchev–Trinajstić information content (AvgIpc) is 3.53. The molecule has 1 aliphatic carbocycles. The fraction of sp³-hybridized carbons (Fsp3) is 0.318. The quantitative estimate of drug-likeness (QED) is 0.749. The van der Waals surface area contributed by atoms with Gasteiger partial charge in [0, 0.05) is 43.5 Å². The van der Waals surface area contributed by atoms with Crippen molar-refractivity contribution in [2.75, 3.05) is 18.4 Å². The van der Waals surface area contributed by atoms with E-state index in [1.165, 1.54) is 30.5 Å². The van der Waals surface area contributed by atoms with Crippen molar-refractivity contribution < 1.29 is 0 Å². The van der Waals surface area contributed by atoms with Crippen LogP contribution >= 0.6 is 0 Å². The molecule has 0 saturated heterocycles. The van der Waals surface area contributed by atoms with Crippen LogP contribution in [0.4, 0.5) is 11.6 Å². The van der Waals surface area contributed by atoms with Gasteiger partial charge >= 0.3 is 0 Å². The van der Waals surface area contributed by atoms with Crippen LogP contribution in [-0.2, 0) is 6.54 Å². The van der Waals surface area contributed by atoms with Crippen molar-refractivity contribution >= 4 is 11.6 Å². The molecule has 5 heteroatoms. The van der Waals surface area contributed by atoms with Crippen LogP contribution in [0.3, 0.4) is 0 Å². The number of nitrogens with one attached hydrogen (secondary N) is 1. The molecule has 3 aromatic rings. The maximum Gasteiger partial charge on any atom is 0.227 e. The van der Waals surface area contributed by atoms with E-state index in [0.717, 1.165) is 30.4 Å². The fourth-order valence-corrected chi connectivity index (χ4v) is 3.87. The van der Waals surface area contributed by atoms with Crippen LogP contribution < -0.4 is 5.32 Å². The first-order valence-electron chi connectivity index (χ1n) is 9.65. The summed E-state index contributed by atoms with van der Waals surface area (Å²) in [7, 11) is 0. The Morgan fingerprint density at radius 3 is 2.70 bits per heavy atom. The molecular formula is C22H23N5. The first-order valence-corrected chi connectivity index (χ1v) is 9.65. The van der Waals surface area contributed by atoms with Crippen molar-refractivity contribution in [2.24, 2.45) is 5.92 Å². The molecule has 3 heterocycles. The maximum atomic E-state index is 4.92. The molecule has 1 aliphatic heterocycles. The van der Waals surface area contributed by atoms with Gasteiger partial charge in [0.2, 0.25) is 5.95 Å². The third kappa shape index (κ3) is 3.69. The third-order valence-electron chi connectivity index (χ3n) is 5.40. The molecule has 1 saturated carbocycles. The SMILES string of the molecule is c1ccc(C2CN(CC3CC3)Cc3cnc(Nc4cccnc4)nc32)cc1. The van der Waals surface area contributed by atoms with E-state index in [1.54, 1.807) is 12.4 Å². The molecule has 1 atom stereocenters. The highest BCUT2D eigenvalue weighted by Gasteiger charge is 2.32. The number of rotatable bonds is 5. The van der Waals surface area contributed by atoms with Crippen LogP contribution in [-0.4, -0.2) is 32.9 Å². The average molecular weight is 357 g/mol. The van der Waals surface area contributed by atoms with Crippen LogP contribution in [0, 0.1) is 5.92 Å². The molecule has 5 nitrogen and oxygen atoms in total. The molecule has 5 rings (SSSR count). The van der Waals surface area contributed by atoms with E-state index in [4.69, 9.17) is 4.98 Å². The lowest BCUT2D eigenvalue weighted by Gasteiger charge is -2.34. The van der Waals surface area contributed by atoms with Crippen LogP contribution in [0.5, 0.6) is 0 Å². The Morgan fingerprint density at radius 1 is 1.04 bits per heavy atom. The van der Waals surface area contributed by atoms with Crippen molar-refractivity contribution in [1.29, 1.82) is 0 Å². The predicted molar refractivity (Wildman–Crippen MR) is 106 cm³/mol. The highest BCUT2D eigenvalue weighted by molar-refractivity contribution is 5.52. The lowest BCUT2D eigenvalue weighted by Crippen LogP contribution is -2.36. The summed E-state index contributed by atoms with van der Waals surface area (Å²) in [6, 6.07) is 14.6. The highest BCUT2D eigenvalue weighted by atomic mass is 15.2. The van der Waals surface area contributed by atoms with Gasteiger partial charge in [0.05, 0.1) is 17.6 Å². The standard InChI is InChI=1S/C22H23N5/c1-2-5-17(6-3-1)20-15-27(13-16-8-9-16)14-18-11-24-22(26-21(18)20)25-19-7-4-10-23-12-19/h1-7,10-12,16,20H,8-9,13-15H2,(H,24,25,26). The number of nitrogens with zero attached hydrogens (tertiary/aromatic N) is 4. The summed E-state index contributed by atoms with van der Waals surface area (Å²) in [5.74, 6) is 1.81. The summed E-state index contributed by atoms with van der Waals surface area (Å²) >= 11 is 0. The summed E-state index contributed by atoms with van der Waals surface area (Å²) in [6.07, 6.45) is 8.30. The van der Waals surface area contributed by atoms with Crippen molar-refractivity contribution in [3.8, 4) is 0 Å². The van der Waals surface area contributed by atoms with E-state index in [9.17, 15) is 0 Å². The van der Waals surface area contributed by atoms with Crippen LogP contribution in [0.1, 0.15) is 35.6 Å². The number of benzene rings is 1. The predicted octanol–water partition coefficient (Wildman–Crippen LogP) is 3.97. The Hall–Kier alpha value is -2.79. The van der Waals surface area contributed by atoms with E-state index in [2.05, 4.69) is 50.5 Å². The second-order valence-electron chi connectivity index (χ2n) is 7.57. The van der Waals surface area contributed by atoms with Gasteiger partial charge in [-0.05, 0) is 36.5 Å². The van der Waals surface area contributed by atoms with Gasteiger partial charge in [-0.15, -0.1) is 0 Å². The Morgan fingerprint density at radius 2 is 1.93 bits per heavy atom. The Kier molecular flexibility index (Phi) is 4.30. The lowest BCUT2D eigenvalue weighted by molar-refractivity contribution is 0.228. The second kappa shape index (κ2) is 7.08. The molecule has 0 amide bonds. The van der Waals surface area contributed by atoms with E-state index in [0.29, 0.717) is 5.95 Å². The molecule has 2 aliphatic rings. The topological polar surface area (TPSA) is 53.9 Å². The number of fused-ring (bicyclic) bond motifs is 1. The van der Waals surface area contributed by atoms with E-state index < -0.39 is 0 Å². The minimum atomic E-state index is 0.283. The fourth-order valence-electron chi connectivity index (χ4n) is 3.87. The minimum absolute atomic E-state index is 0.283. The molecule has 136 valence electrons. The Balaban J connectivity index is 1.48. The van der Waals surface area contributed by atoms with Gasteiger partial charge in [0.15, 0.2) is 0 Å². The van der Waals surface area contributed by atoms with Gasteiger partial charge in [-0.3, -0.25) is 9.88 Å². The zero-order valence-electron chi connectivity index (χ0n) is 15.3. The minimum Gasteiger partial charge on any atom is -0.323 e. The largest absolute Gasteiger partial charge is 0.323 e. The van der Waals surface area contributed by atoms with Crippen molar-refractivity contribution in [2.45, 2.75) is 25.3 Å². The smallest absolute Gasteiger partial charge is 0.227 e. The number of hydrogen-bond acceptors (Lipinski definition) is 5. The molecule has 1 fully saturated rings. The molecule has 0 spiro atoms. The molecule has 1 unspecified atom stereocenters. The number of aromatic nitrogens is 3. The van der Waals surface area contributed by atoms with E-state index in [1.807, 2.05) is 18.3 Å². The summed E-state index contributed by atoms with van der Waals surface area (Å²) in [6.45, 7) is 3.16. The molecule has 0 radical (unpaired) electrons. The molecule has 1 N–H and O–H groups in total. The van der Waals surface area contributed by atoms with E-state index in [-0.39, 0.29) is 5.92 Å². The number of hydrogen-bond donors (Lipinski definition) is 1. The van der Waals surface area contributed by atoms with Gasteiger partial charge in [0.25, 0.3) is 0 Å². The maximum absolute atomic E-state index is 4.92. The normalized spacial score (nSPS) is 19.5. The highest BCUT2D eigenvalue weighted by Crippen LogP contribution is 2.36. The summed E-state index contributed by atoms with van der Waals surface area (Å²) in [5.41, 5.74) is 4.62. The first kappa shape index (κ1) is 16.4. The van der Waals surface area contributed by atoms with Crippen molar-refractivity contribution in [3.63, 3.8) is 0 Å². The van der Waals surface area contributed by atoms with Gasteiger partial charge in [-0.2, -0.15) is 0 Å². The van der Waals surface area contributed by atoms with Gasteiger partial charge in [-0.25, -0.2) is 9.97 Å². The van der Waals surface area contributed by atoms with Crippen LogP contribution in [0.2, 0.25) is 0 Å². The Bertz CT molecular complexity index is 909. The summed E-state index contributed by atoms with van der Waals surface area (Å²) < 4.78 is 0. The molecule has 1 aromatic carbocycles. The van der Waals surface area contributed by atoms with Crippen LogP contribution in [0.15, 0.2) is 61.1 Å². The zero-order valence-corrected chi connectivity index (χ0v) is 15.3. The zero-order chi connectivity index (χ0) is 18.1. The molecule has 0 bridgehead atoms. The van der Waals surface area contributed by atoms with Gasteiger partial charge in [0.1, 0.15) is 0 Å². The van der Waals surface area contributed by atoms with E-state index >= 15 is 0 Å². The number of pyridine rings is 1.